The number of nitrogen functional groups attached to an aromatic ring is 1. The molecular formula is C14H20N2O2. The van der Waals surface area contributed by atoms with E-state index in [9.17, 15) is 0 Å². The van der Waals surface area contributed by atoms with Crippen LogP contribution in [-0.2, 0) is 4.74 Å². The predicted molar refractivity (Wildman–Crippen MR) is 71.2 cm³/mol. The first-order chi connectivity index (χ1) is 8.68. The number of aryl methyl sites for hydroxylation is 1. The van der Waals surface area contributed by atoms with Gasteiger partial charge in [-0.1, -0.05) is 12.1 Å². The Balaban J connectivity index is 2.05. The Labute approximate surface area is 108 Å². The molecule has 1 aromatic rings. The number of rotatable bonds is 4. The topological polar surface area (TPSA) is 68.3 Å². The van der Waals surface area contributed by atoms with Gasteiger partial charge in [-0.25, -0.2) is 0 Å². The Hall–Kier alpha value is -1.55. The van der Waals surface area contributed by atoms with Gasteiger partial charge in [0.15, 0.2) is 0 Å². The molecule has 0 radical (unpaired) electrons. The van der Waals surface area contributed by atoms with E-state index in [-0.39, 0.29) is 5.84 Å². The van der Waals surface area contributed by atoms with Crippen LogP contribution < -0.4 is 10.5 Å². The third-order valence-electron chi connectivity index (χ3n) is 3.31. The predicted octanol–water partition coefficient (Wildman–Crippen LogP) is 2.08. The van der Waals surface area contributed by atoms with Crippen molar-refractivity contribution in [1.82, 2.24) is 0 Å². The highest BCUT2D eigenvalue weighted by Gasteiger charge is 2.16. The van der Waals surface area contributed by atoms with Crippen molar-refractivity contribution in [3.05, 3.63) is 29.3 Å². The molecule has 0 amide bonds. The number of hydrogen-bond donors (Lipinski definition) is 2. The van der Waals surface area contributed by atoms with Crippen LogP contribution in [0.3, 0.4) is 0 Å². The fourth-order valence-corrected chi connectivity index (χ4v) is 2.17. The zero-order chi connectivity index (χ0) is 13.0. The Morgan fingerprint density at radius 2 is 2.17 bits per heavy atom. The molecule has 0 spiro atoms. The monoisotopic (exact) mass is 248 g/mol. The molecule has 3 N–H and O–H groups in total. The number of nitrogens with one attached hydrogen (secondary N) is 1. The van der Waals surface area contributed by atoms with E-state index in [4.69, 9.17) is 20.6 Å². The second kappa shape index (κ2) is 5.87. The van der Waals surface area contributed by atoms with Crippen LogP contribution in [0.2, 0.25) is 0 Å². The molecule has 4 nitrogen and oxygen atoms in total. The maximum atomic E-state index is 7.57. The maximum absolute atomic E-state index is 7.57. The van der Waals surface area contributed by atoms with E-state index in [1.165, 1.54) is 0 Å². The Bertz CT molecular complexity index is 426. The number of ether oxygens (including phenoxy) is 2. The summed E-state index contributed by atoms with van der Waals surface area (Å²) in [4.78, 5) is 0. The van der Waals surface area contributed by atoms with Gasteiger partial charge in [0.05, 0.1) is 12.2 Å². The van der Waals surface area contributed by atoms with Gasteiger partial charge < -0.3 is 15.2 Å². The molecule has 0 aromatic heterocycles. The number of nitrogens with two attached hydrogens (primary N) is 1. The average Bonchev–Trinajstić information content (AvgIpc) is 2.38. The highest BCUT2D eigenvalue weighted by Crippen LogP contribution is 2.25. The van der Waals surface area contributed by atoms with E-state index in [1.54, 1.807) is 0 Å². The first-order valence-corrected chi connectivity index (χ1v) is 6.33. The van der Waals surface area contributed by atoms with Crippen LogP contribution in [0.5, 0.6) is 5.75 Å². The molecule has 4 heteroatoms. The fourth-order valence-electron chi connectivity index (χ4n) is 2.17. The molecule has 0 bridgehead atoms. The summed E-state index contributed by atoms with van der Waals surface area (Å²) in [6.07, 6.45) is 2.09. The molecule has 1 saturated heterocycles. The number of benzene rings is 1. The summed E-state index contributed by atoms with van der Waals surface area (Å²) in [5.41, 5.74) is 7.28. The van der Waals surface area contributed by atoms with Crippen LogP contribution in [0.25, 0.3) is 0 Å². The molecule has 1 heterocycles. The zero-order valence-electron chi connectivity index (χ0n) is 10.7. The summed E-state index contributed by atoms with van der Waals surface area (Å²) in [5.74, 6) is 1.34. The lowest BCUT2D eigenvalue weighted by Crippen LogP contribution is -2.22. The second-order valence-electron chi connectivity index (χ2n) is 4.73. The molecule has 1 fully saturated rings. The van der Waals surface area contributed by atoms with E-state index >= 15 is 0 Å². The third-order valence-corrected chi connectivity index (χ3v) is 3.31. The minimum absolute atomic E-state index is 0.0562. The molecular weight excluding hydrogens is 228 g/mol. The van der Waals surface area contributed by atoms with Crippen LogP contribution in [-0.4, -0.2) is 25.7 Å². The Morgan fingerprint density at radius 1 is 1.44 bits per heavy atom. The fraction of sp³-hybridized carbons (Fsp3) is 0.500. The lowest BCUT2D eigenvalue weighted by molar-refractivity contribution is 0.0496. The van der Waals surface area contributed by atoms with Crippen LogP contribution in [0.4, 0.5) is 0 Å². The molecule has 0 saturated carbocycles. The normalized spacial score (nSPS) is 16.5. The molecule has 0 unspecified atom stereocenters. The Morgan fingerprint density at radius 3 is 2.83 bits per heavy atom. The summed E-state index contributed by atoms with van der Waals surface area (Å²) in [7, 11) is 0. The molecule has 1 aliphatic rings. The van der Waals surface area contributed by atoms with Gasteiger partial charge in [-0.15, -0.1) is 0 Å². The van der Waals surface area contributed by atoms with Crippen molar-refractivity contribution in [2.45, 2.75) is 19.8 Å². The molecule has 1 aromatic carbocycles. The number of hydrogen-bond acceptors (Lipinski definition) is 3. The van der Waals surface area contributed by atoms with Crippen molar-refractivity contribution in [3.8, 4) is 5.75 Å². The summed E-state index contributed by atoms with van der Waals surface area (Å²) in [5, 5.41) is 7.57. The smallest absolute Gasteiger partial charge is 0.133 e. The third kappa shape index (κ3) is 3.01. The van der Waals surface area contributed by atoms with Crippen LogP contribution in [0.15, 0.2) is 18.2 Å². The highest BCUT2D eigenvalue weighted by molar-refractivity contribution is 5.98. The Kier molecular flexibility index (Phi) is 4.20. The van der Waals surface area contributed by atoms with Gasteiger partial charge in [-0.05, 0) is 37.3 Å². The van der Waals surface area contributed by atoms with Crippen molar-refractivity contribution in [1.29, 1.82) is 5.41 Å². The maximum Gasteiger partial charge on any atom is 0.133 e. The van der Waals surface area contributed by atoms with Gasteiger partial charge in [-0.2, -0.15) is 0 Å². The van der Waals surface area contributed by atoms with Gasteiger partial charge in [0.1, 0.15) is 11.6 Å². The first-order valence-electron chi connectivity index (χ1n) is 6.33. The van der Waals surface area contributed by atoms with E-state index in [1.807, 2.05) is 25.1 Å². The lowest BCUT2D eigenvalue weighted by Gasteiger charge is -2.23. The van der Waals surface area contributed by atoms with E-state index in [0.717, 1.165) is 37.4 Å². The van der Waals surface area contributed by atoms with E-state index < -0.39 is 0 Å². The van der Waals surface area contributed by atoms with E-state index in [2.05, 4.69) is 0 Å². The van der Waals surface area contributed by atoms with Crippen molar-refractivity contribution in [2.24, 2.45) is 11.7 Å². The standard InChI is InChI=1S/C14H20N2O2/c1-10-3-2-4-12(14(15)16)13(10)18-9-11-5-7-17-8-6-11/h2-4,11H,5-9H2,1H3,(H3,15,16). The molecule has 0 atom stereocenters. The van der Waals surface area contributed by atoms with Gasteiger partial charge in [0, 0.05) is 13.2 Å². The number of para-hydroxylation sites is 1. The van der Waals surface area contributed by atoms with Crippen LogP contribution >= 0.6 is 0 Å². The van der Waals surface area contributed by atoms with Gasteiger partial charge >= 0.3 is 0 Å². The highest BCUT2D eigenvalue weighted by atomic mass is 16.5. The molecule has 98 valence electrons. The largest absolute Gasteiger partial charge is 0.492 e. The van der Waals surface area contributed by atoms with Crippen LogP contribution in [0.1, 0.15) is 24.0 Å². The zero-order valence-corrected chi connectivity index (χ0v) is 10.7. The van der Waals surface area contributed by atoms with Crippen molar-refractivity contribution in [2.75, 3.05) is 19.8 Å². The van der Waals surface area contributed by atoms with Gasteiger partial charge in [-0.3, -0.25) is 5.41 Å². The number of amidine groups is 1. The van der Waals surface area contributed by atoms with Crippen molar-refractivity contribution >= 4 is 5.84 Å². The minimum Gasteiger partial charge on any atom is -0.492 e. The van der Waals surface area contributed by atoms with Crippen LogP contribution in [0, 0.1) is 18.3 Å². The van der Waals surface area contributed by atoms with Gasteiger partial charge in [0.2, 0.25) is 0 Å². The van der Waals surface area contributed by atoms with Crippen molar-refractivity contribution < 1.29 is 9.47 Å². The summed E-state index contributed by atoms with van der Waals surface area (Å²) in [6, 6.07) is 5.70. The van der Waals surface area contributed by atoms with Crippen molar-refractivity contribution in [3.63, 3.8) is 0 Å². The first kappa shape index (κ1) is 12.9. The SMILES string of the molecule is Cc1cccc(C(=N)N)c1OCC1CCOCC1. The molecule has 1 aliphatic heterocycles. The second-order valence-corrected chi connectivity index (χ2v) is 4.73. The summed E-state index contributed by atoms with van der Waals surface area (Å²) in [6.45, 7) is 4.29. The van der Waals surface area contributed by atoms with Gasteiger partial charge in [0.25, 0.3) is 0 Å². The molecule has 0 aliphatic carbocycles. The minimum atomic E-state index is 0.0562. The lowest BCUT2D eigenvalue weighted by atomic mass is 10.0. The molecule has 18 heavy (non-hydrogen) atoms. The average molecular weight is 248 g/mol. The quantitative estimate of drug-likeness (QED) is 0.633. The summed E-state index contributed by atoms with van der Waals surface area (Å²) < 4.78 is 11.2. The van der Waals surface area contributed by atoms with E-state index in [0.29, 0.717) is 18.1 Å². The summed E-state index contributed by atoms with van der Waals surface area (Å²) >= 11 is 0. The molecule has 2 rings (SSSR count).